The van der Waals surface area contributed by atoms with Crippen molar-refractivity contribution >= 4 is 11.6 Å². The normalized spacial score (nSPS) is 10.2. The zero-order valence-corrected chi connectivity index (χ0v) is 11.3. The van der Waals surface area contributed by atoms with Crippen LogP contribution >= 0.6 is 0 Å². The first-order chi connectivity index (χ1) is 9.33. The van der Waals surface area contributed by atoms with E-state index in [0.717, 1.165) is 42.4 Å². The average molecular weight is 257 g/mol. The molecule has 0 spiro atoms. The highest BCUT2D eigenvalue weighted by Gasteiger charge is 2.02. The van der Waals surface area contributed by atoms with Crippen molar-refractivity contribution in [3.63, 3.8) is 0 Å². The second-order valence-corrected chi connectivity index (χ2v) is 4.18. The maximum absolute atomic E-state index is 4.34. The molecule has 2 heterocycles. The Morgan fingerprint density at radius 1 is 1.00 bits per heavy atom. The van der Waals surface area contributed by atoms with Crippen LogP contribution in [-0.4, -0.2) is 28.0 Å². The fourth-order valence-electron chi connectivity index (χ4n) is 1.70. The summed E-state index contributed by atoms with van der Waals surface area (Å²) in [6, 6.07) is 5.91. The highest BCUT2D eigenvalue weighted by Crippen LogP contribution is 2.19. The van der Waals surface area contributed by atoms with E-state index >= 15 is 0 Å². The molecular weight excluding hydrogens is 238 g/mol. The molecule has 5 nitrogen and oxygen atoms in total. The second-order valence-electron chi connectivity index (χ2n) is 4.18. The second kappa shape index (κ2) is 6.68. The van der Waals surface area contributed by atoms with Crippen molar-refractivity contribution < 1.29 is 0 Å². The summed E-state index contributed by atoms with van der Waals surface area (Å²) in [4.78, 5) is 12.8. The molecule has 2 N–H and O–H groups in total. The largest absolute Gasteiger partial charge is 0.370 e. The van der Waals surface area contributed by atoms with E-state index in [1.165, 1.54) is 0 Å². The molecule has 0 saturated carbocycles. The maximum Gasteiger partial charge on any atom is 0.129 e. The van der Waals surface area contributed by atoms with E-state index in [9.17, 15) is 0 Å². The number of hydrogen-bond donors (Lipinski definition) is 2. The minimum Gasteiger partial charge on any atom is -0.370 e. The van der Waals surface area contributed by atoms with Gasteiger partial charge in [-0.15, -0.1) is 0 Å². The van der Waals surface area contributed by atoms with E-state index in [-0.39, 0.29) is 0 Å². The lowest BCUT2D eigenvalue weighted by Gasteiger charge is -2.06. The number of nitrogens with one attached hydrogen (secondary N) is 2. The van der Waals surface area contributed by atoms with Gasteiger partial charge in [-0.25, -0.2) is 15.0 Å². The lowest BCUT2D eigenvalue weighted by Crippen LogP contribution is -2.02. The molecule has 100 valence electrons. The number of hydrogen-bond acceptors (Lipinski definition) is 5. The molecule has 0 bridgehead atoms. The van der Waals surface area contributed by atoms with Gasteiger partial charge in [0.25, 0.3) is 0 Å². The van der Waals surface area contributed by atoms with Crippen molar-refractivity contribution in [3.8, 4) is 11.3 Å². The van der Waals surface area contributed by atoms with Gasteiger partial charge in [-0.2, -0.15) is 0 Å². The van der Waals surface area contributed by atoms with Crippen LogP contribution in [0.2, 0.25) is 0 Å². The number of rotatable bonds is 6. The van der Waals surface area contributed by atoms with Gasteiger partial charge in [-0.1, -0.05) is 6.92 Å². The van der Waals surface area contributed by atoms with E-state index in [2.05, 4.69) is 32.5 Å². The van der Waals surface area contributed by atoms with Crippen LogP contribution in [0.15, 0.2) is 30.7 Å². The molecule has 5 heteroatoms. The topological polar surface area (TPSA) is 62.7 Å². The summed E-state index contributed by atoms with van der Waals surface area (Å²) in [6.07, 6.45) is 4.47. The van der Waals surface area contributed by atoms with Crippen molar-refractivity contribution in [2.75, 3.05) is 23.7 Å². The minimum absolute atomic E-state index is 0.850. The third-order valence-corrected chi connectivity index (χ3v) is 2.64. The SMILES string of the molecule is CCCNc1cc(-c2ccc(NCC)nc2)ncn1. The van der Waals surface area contributed by atoms with E-state index in [1.54, 1.807) is 6.33 Å². The van der Waals surface area contributed by atoms with Crippen molar-refractivity contribution in [2.45, 2.75) is 20.3 Å². The summed E-state index contributed by atoms with van der Waals surface area (Å²) < 4.78 is 0. The van der Waals surface area contributed by atoms with Crippen LogP contribution in [-0.2, 0) is 0 Å². The number of anilines is 2. The third-order valence-electron chi connectivity index (χ3n) is 2.64. The van der Waals surface area contributed by atoms with Crippen LogP contribution in [0.25, 0.3) is 11.3 Å². The van der Waals surface area contributed by atoms with Gasteiger partial charge < -0.3 is 10.6 Å². The van der Waals surface area contributed by atoms with Crippen LogP contribution in [0.4, 0.5) is 11.6 Å². The predicted octanol–water partition coefficient (Wildman–Crippen LogP) is 2.79. The first kappa shape index (κ1) is 13.3. The van der Waals surface area contributed by atoms with Gasteiger partial charge >= 0.3 is 0 Å². The molecule has 0 aliphatic carbocycles. The lowest BCUT2D eigenvalue weighted by atomic mass is 10.2. The van der Waals surface area contributed by atoms with E-state index in [1.807, 2.05) is 31.3 Å². The third kappa shape index (κ3) is 3.64. The van der Waals surface area contributed by atoms with Crippen molar-refractivity contribution in [3.05, 3.63) is 30.7 Å². The smallest absolute Gasteiger partial charge is 0.129 e. The van der Waals surface area contributed by atoms with Gasteiger partial charge in [0, 0.05) is 30.9 Å². The molecule has 2 rings (SSSR count). The van der Waals surface area contributed by atoms with E-state index in [4.69, 9.17) is 0 Å². The van der Waals surface area contributed by atoms with Crippen molar-refractivity contribution in [2.24, 2.45) is 0 Å². The maximum atomic E-state index is 4.34. The first-order valence-electron chi connectivity index (χ1n) is 6.59. The number of pyridine rings is 1. The summed E-state index contributed by atoms with van der Waals surface area (Å²) >= 11 is 0. The minimum atomic E-state index is 0.850. The zero-order chi connectivity index (χ0) is 13.5. The number of aromatic nitrogens is 3. The Hall–Kier alpha value is -2.17. The Balaban J connectivity index is 2.16. The quantitative estimate of drug-likeness (QED) is 0.833. The Morgan fingerprint density at radius 3 is 2.58 bits per heavy atom. The van der Waals surface area contributed by atoms with E-state index < -0.39 is 0 Å². The number of nitrogens with zero attached hydrogens (tertiary/aromatic N) is 3. The molecule has 2 aromatic rings. The molecule has 0 aromatic carbocycles. The van der Waals surface area contributed by atoms with Crippen LogP contribution in [0.3, 0.4) is 0 Å². The average Bonchev–Trinajstić information content (AvgIpc) is 2.46. The fourth-order valence-corrected chi connectivity index (χ4v) is 1.70. The van der Waals surface area contributed by atoms with Crippen molar-refractivity contribution in [1.29, 1.82) is 0 Å². The van der Waals surface area contributed by atoms with Gasteiger partial charge in [0.2, 0.25) is 0 Å². The molecule has 0 aliphatic rings. The molecular formula is C14H19N5. The lowest BCUT2D eigenvalue weighted by molar-refractivity contribution is 0.965. The molecule has 0 amide bonds. The van der Waals surface area contributed by atoms with E-state index in [0.29, 0.717) is 0 Å². The molecule has 0 fully saturated rings. The Morgan fingerprint density at radius 2 is 1.89 bits per heavy atom. The molecule has 2 aromatic heterocycles. The van der Waals surface area contributed by atoms with Gasteiger partial charge in [0.15, 0.2) is 0 Å². The molecule has 0 aliphatic heterocycles. The van der Waals surface area contributed by atoms with Crippen molar-refractivity contribution in [1.82, 2.24) is 15.0 Å². The standard InChI is InChI=1S/C14H19N5/c1-3-7-16-14-8-12(18-10-19-14)11-5-6-13(15-4-2)17-9-11/h5-6,8-10H,3-4,7H2,1-2H3,(H,15,17)(H,16,18,19). The van der Waals surface area contributed by atoms with Gasteiger partial charge in [-0.3, -0.25) is 0 Å². The highest BCUT2D eigenvalue weighted by molar-refractivity contribution is 5.62. The summed E-state index contributed by atoms with van der Waals surface area (Å²) in [6.45, 7) is 5.95. The molecule has 0 atom stereocenters. The molecule has 0 unspecified atom stereocenters. The highest BCUT2D eigenvalue weighted by atomic mass is 15.0. The summed E-state index contributed by atoms with van der Waals surface area (Å²) in [5, 5.41) is 6.42. The van der Waals surface area contributed by atoms with Crippen LogP contribution in [0, 0.1) is 0 Å². The van der Waals surface area contributed by atoms with Crippen LogP contribution < -0.4 is 10.6 Å². The first-order valence-corrected chi connectivity index (χ1v) is 6.59. The molecule has 0 saturated heterocycles. The summed E-state index contributed by atoms with van der Waals surface area (Å²) in [7, 11) is 0. The molecule has 19 heavy (non-hydrogen) atoms. The monoisotopic (exact) mass is 257 g/mol. The predicted molar refractivity (Wildman–Crippen MR) is 78.2 cm³/mol. The fraction of sp³-hybridized carbons (Fsp3) is 0.357. The van der Waals surface area contributed by atoms with Crippen LogP contribution in [0.1, 0.15) is 20.3 Å². The summed E-state index contributed by atoms with van der Waals surface area (Å²) in [5.74, 6) is 1.73. The Labute approximate surface area is 113 Å². The van der Waals surface area contributed by atoms with Crippen LogP contribution in [0.5, 0.6) is 0 Å². The van der Waals surface area contributed by atoms with Gasteiger partial charge in [0.05, 0.1) is 5.69 Å². The summed E-state index contributed by atoms with van der Waals surface area (Å²) in [5.41, 5.74) is 1.87. The van der Waals surface area contributed by atoms with Gasteiger partial charge in [-0.05, 0) is 25.5 Å². The Bertz CT molecular complexity index is 509. The molecule has 0 radical (unpaired) electrons. The zero-order valence-electron chi connectivity index (χ0n) is 11.3. The Kier molecular flexibility index (Phi) is 4.66. The van der Waals surface area contributed by atoms with Gasteiger partial charge in [0.1, 0.15) is 18.0 Å².